The molecule has 0 atom stereocenters. The first-order valence-corrected chi connectivity index (χ1v) is 19.7. The molecule has 0 N–H and O–H groups in total. The number of para-hydroxylation sites is 3. The number of benzene rings is 8. The Balaban J connectivity index is 1.01. The van der Waals surface area contributed by atoms with E-state index < -0.39 is 0 Å². The highest BCUT2D eigenvalue weighted by molar-refractivity contribution is 6.18. The minimum Gasteiger partial charge on any atom is -0.309 e. The van der Waals surface area contributed by atoms with Gasteiger partial charge in [0.1, 0.15) is 0 Å². The van der Waals surface area contributed by atoms with Crippen molar-refractivity contribution in [3.63, 3.8) is 0 Å². The van der Waals surface area contributed by atoms with Gasteiger partial charge in [0.05, 0.1) is 39.5 Å². The van der Waals surface area contributed by atoms with Crippen LogP contribution in [-0.2, 0) is 0 Å². The second-order valence-corrected chi connectivity index (χ2v) is 14.8. The predicted molar refractivity (Wildman–Crippen MR) is 239 cm³/mol. The molecule has 0 saturated carbocycles. The quantitative estimate of drug-likeness (QED) is 0.169. The van der Waals surface area contributed by atoms with E-state index in [4.69, 9.17) is 20.1 Å². The van der Waals surface area contributed by atoms with E-state index in [2.05, 4.69) is 147 Å². The van der Waals surface area contributed by atoms with E-state index >= 15 is 0 Å². The molecule has 7 heteroatoms. The lowest BCUT2D eigenvalue weighted by Gasteiger charge is -2.12. The third-order valence-electron chi connectivity index (χ3n) is 11.4. The zero-order chi connectivity index (χ0) is 38.9. The Labute approximate surface area is 338 Å². The molecule has 12 rings (SSSR count). The van der Waals surface area contributed by atoms with Gasteiger partial charge in [0.2, 0.25) is 0 Å². The molecule has 4 heterocycles. The largest absolute Gasteiger partial charge is 0.309 e. The minimum atomic E-state index is 0.619. The van der Waals surface area contributed by atoms with Crippen LogP contribution >= 0.6 is 0 Å². The van der Waals surface area contributed by atoms with Crippen molar-refractivity contribution < 1.29 is 0 Å². The topological polar surface area (TPSA) is 66.3 Å². The van der Waals surface area contributed by atoms with Gasteiger partial charge in [-0.2, -0.15) is 5.10 Å². The number of fused-ring (bicyclic) bond motifs is 8. The second-order valence-electron chi connectivity index (χ2n) is 14.8. The van der Waals surface area contributed by atoms with Crippen LogP contribution < -0.4 is 0 Å². The van der Waals surface area contributed by atoms with Gasteiger partial charge in [0.25, 0.3) is 0 Å². The van der Waals surface area contributed by atoms with Gasteiger partial charge in [0, 0.05) is 55.0 Å². The number of aromatic nitrogens is 7. The first kappa shape index (κ1) is 33.0. The average Bonchev–Trinajstić information content (AvgIpc) is 4.00. The van der Waals surface area contributed by atoms with Crippen LogP contribution in [0.25, 0.3) is 106 Å². The van der Waals surface area contributed by atoms with Crippen molar-refractivity contribution in [2.75, 3.05) is 0 Å². The Morgan fingerprint density at radius 2 is 0.831 bits per heavy atom. The van der Waals surface area contributed by atoms with Crippen molar-refractivity contribution in [3.05, 3.63) is 200 Å². The van der Waals surface area contributed by atoms with E-state index in [1.807, 2.05) is 66.9 Å². The summed E-state index contributed by atoms with van der Waals surface area (Å²) in [5, 5.41) is 10.9. The van der Waals surface area contributed by atoms with Crippen molar-refractivity contribution >= 4 is 54.5 Å². The molecule has 0 fully saturated rings. The molecular weight excluding hydrogens is 723 g/mol. The van der Waals surface area contributed by atoms with Crippen LogP contribution in [0, 0.1) is 0 Å². The van der Waals surface area contributed by atoms with Gasteiger partial charge in [-0.25, -0.2) is 19.6 Å². The number of nitrogens with zero attached hydrogens (tertiary/aromatic N) is 7. The highest BCUT2D eigenvalue weighted by Crippen LogP contribution is 2.39. The molecule has 0 radical (unpaired) electrons. The van der Waals surface area contributed by atoms with Gasteiger partial charge in [-0.1, -0.05) is 127 Å². The smallest absolute Gasteiger partial charge is 0.164 e. The molecule has 8 aromatic carbocycles. The van der Waals surface area contributed by atoms with Gasteiger partial charge in [-0.15, -0.1) is 0 Å². The van der Waals surface area contributed by atoms with Crippen LogP contribution in [0.5, 0.6) is 0 Å². The fourth-order valence-electron chi connectivity index (χ4n) is 8.71. The standard InChI is InChI=1S/C52H33N7/c1-4-15-34(16-5-1)50-54-51(35-17-6-2-7-18-35)56-52(55-50)36-19-14-22-38(31-36)57-45-25-12-11-24-41(45)43-32-39(27-29-47(43)57)59-48-30-28-42-40-23-10-13-26-46(40)58(37-20-8-3-9-21-37)49(42)44(48)33-53-59/h1-33H. The predicted octanol–water partition coefficient (Wildman–Crippen LogP) is 12.4. The van der Waals surface area contributed by atoms with Crippen molar-refractivity contribution in [3.8, 4) is 51.2 Å². The molecule has 276 valence electrons. The molecule has 0 aliphatic heterocycles. The van der Waals surface area contributed by atoms with Crippen molar-refractivity contribution in [1.82, 2.24) is 33.9 Å². The summed E-state index contributed by atoms with van der Waals surface area (Å²) in [5.74, 6) is 1.89. The normalized spacial score (nSPS) is 11.7. The molecule has 12 aromatic rings. The second kappa shape index (κ2) is 13.2. The maximum Gasteiger partial charge on any atom is 0.164 e. The number of hydrogen-bond acceptors (Lipinski definition) is 4. The lowest BCUT2D eigenvalue weighted by Crippen LogP contribution is -2.01. The zero-order valence-corrected chi connectivity index (χ0v) is 31.7. The van der Waals surface area contributed by atoms with Gasteiger partial charge in [0.15, 0.2) is 17.5 Å². The van der Waals surface area contributed by atoms with E-state index in [9.17, 15) is 0 Å². The summed E-state index contributed by atoms with van der Waals surface area (Å²) < 4.78 is 6.77. The summed E-state index contributed by atoms with van der Waals surface area (Å²) in [4.78, 5) is 15.0. The highest BCUT2D eigenvalue weighted by Gasteiger charge is 2.20. The molecule has 0 aliphatic rings. The summed E-state index contributed by atoms with van der Waals surface area (Å²) in [6, 6.07) is 67.6. The maximum absolute atomic E-state index is 5.05. The van der Waals surface area contributed by atoms with Gasteiger partial charge in [-0.05, 0) is 66.7 Å². The van der Waals surface area contributed by atoms with Crippen LogP contribution in [-0.4, -0.2) is 33.9 Å². The van der Waals surface area contributed by atoms with Gasteiger partial charge in [-0.3, -0.25) is 0 Å². The number of hydrogen-bond donors (Lipinski definition) is 0. The molecule has 0 saturated heterocycles. The third-order valence-corrected chi connectivity index (χ3v) is 11.4. The van der Waals surface area contributed by atoms with Crippen LogP contribution in [0.4, 0.5) is 0 Å². The zero-order valence-electron chi connectivity index (χ0n) is 31.7. The van der Waals surface area contributed by atoms with Crippen molar-refractivity contribution in [2.24, 2.45) is 0 Å². The van der Waals surface area contributed by atoms with Gasteiger partial charge >= 0.3 is 0 Å². The van der Waals surface area contributed by atoms with Crippen LogP contribution in [0.15, 0.2) is 200 Å². The fourth-order valence-corrected chi connectivity index (χ4v) is 8.71. The number of rotatable bonds is 6. The summed E-state index contributed by atoms with van der Waals surface area (Å²) in [5.41, 5.74) is 11.5. The van der Waals surface area contributed by atoms with E-state index in [1.165, 1.54) is 16.3 Å². The monoisotopic (exact) mass is 755 g/mol. The Morgan fingerprint density at radius 1 is 0.305 bits per heavy atom. The van der Waals surface area contributed by atoms with E-state index in [-0.39, 0.29) is 0 Å². The van der Waals surface area contributed by atoms with Crippen LogP contribution in [0.2, 0.25) is 0 Å². The molecule has 0 spiro atoms. The lowest BCUT2D eigenvalue weighted by molar-refractivity contribution is 0.912. The molecule has 0 aliphatic carbocycles. The molecule has 4 aromatic heterocycles. The van der Waals surface area contributed by atoms with Crippen LogP contribution in [0.3, 0.4) is 0 Å². The van der Waals surface area contributed by atoms with E-state index in [0.29, 0.717) is 17.5 Å². The SMILES string of the molecule is c1ccc(-c2nc(-c3ccccc3)nc(-c3cccc(-n4c5ccccc5c5cc(-n6ncc7c6ccc6c8ccccc8n(-c8ccccc8)c67)ccc54)c3)n2)cc1. The first-order chi connectivity index (χ1) is 29.3. The molecule has 0 unspecified atom stereocenters. The highest BCUT2D eigenvalue weighted by atomic mass is 15.3. The summed E-state index contributed by atoms with van der Waals surface area (Å²) in [7, 11) is 0. The minimum absolute atomic E-state index is 0.619. The Bertz CT molecular complexity index is 3490. The lowest BCUT2D eigenvalue weighted by atomic mass is 10.1. The molecule has 0 bridgehead atoms. The summed E-state index contributed by atoms with van der Waals surface area (Å²) >= 11 is 0. The molecule has 0 amide bonds. The maximum atomic E-state index is 5.05. The van der Waals surface area contributed by atoms with E-state index in [0.717, 1.165) is 72.0 Å². The van der Waals surface area contributed by atoms with Crippen LogP contribution in [0.1, 0.15) is 0 Å². The van der Waals surface area contributed by atoms with Crippen molar-refractivity contribution in [2.45, 2.75) is 0 Å². The van der Waals surface area contributed by atoms with E-state index in [1.54, 1.807) is 0 Å². The van der Waals surface area contributed by atoms with Crippen molar-refractivity contribution in [1.29, 1.82) is 0 Å². The molecular formula is C52H33N7. The first-order valence-electron chi connectivity index (χ1n) is 19.7. The van der Waals surface area contributed by atoms with Gasteiger partial charge < -0.3 is 9.13 Å². The Morgan fingerprint density at radius 3 is 1.53 bits per heavy atom. The average molecular weight is 756 g/mol. The third kappa shape index (κ3) is 5.29. The Hall–Kier alpha value is -8.16. The molecule has 59 heavy (non-hydrogen) atoms. The Kier molecular flexibility index (Phi) is 7.40. The molecule has 7 nitrogen and oxygen atoms in total. The fraction of sp³-hybridized carbons (Fsp3) is 0. The summed E-state index contributed by atoms with van der Waals surface area (Å²) in [6.45, 7) is 0. The summed E-state index contributed by atoms with van der Waals surface area (Å²) in [6.07, 6.45) is 2.02.